The molecule has 0 saturated heterocycles. The number of rotatable bonds is 4. The maximum absolute atomic E-state index is 13.0. The standard InChI is InChI=1S/C13H10Cl2F3N3/c14-5-8-1-2-9(10(3-8)13(16,17)18)6-19-12-4-11(15)20-7-21-12/h1-4,7H,5-6H2,(H,19,20,21). The highest BCUT2D eigenvalue weighted by Crippen LogP contribution is 2.33. The molecule has 8 heteroatoms. The van der Waals surface area contributed by atoms with Gasteiger partial charge in [-0.15, -0.1) is 11.6 Å². The normalized spacial score (nSPS) is 11.5. The molecule has 0 bridgehead atoms. The summed E-state index contributed by atoms with van der Waals surface area (Å²) in [7, 11) is 0. The summed E-state index contributed by atoms with van der Waals surface area (Å²) < 4.78 is 39.1. The van der Waals surface area contributed by atoms with E-state index in [4.69, 9.17) is 23.2 Å². The Hall–Kier alpha value is -1.53. The summed E-state index contributed by atoms with van der Waals surface area (Å²) in [6.45, 7) is -0.0370. The molecule has 1 N–H and O–H groups in total. The predicted octanol–water partition coefficient (Wildman–Crippen LogP) is 4.50. The van der Waals surface area contributed by atoms with Crippen LogP contribution in [0, 0.1) is 0 Å². The van der Waals surface area contributed by atoms with Crippen molar-refractivity contribution in [1.82, 2.24) is 9.97 Å². The monoisotopic (exact) mass is 335 g/mol. The van der Waals surface area contributed by atoms with Gasteiger partial charge < -0.3 is 5.32 Å². The Morgan fingerprint density at radius 2 is 1.90 bits per heavy atom. The third-order valence-electron chi connectivity index (χ3n) is 2.73. The lowest BCUT2D eigenvalue weighted by Crippen LogP contribution is -2.13. The van der Waals surface area contributed by atoms with Crippen LogP contribution in [0.3, 0.4) is 0 Å². The van der Waals surface area contributed by atoms with Gasteiger partial charge >= 0.3 is 6.18 Å². The van der Waals surface area contributed by atoms with Gasteiger partial charge in [0.2, 0.25) is 0 Å². The molecule has 0 fully saturated rings. The number of alkyl halides is 4. The number of nitrogens with zero attached hydrogens (tertiary/aromatic N) is 2. The Morgan fingerprint density at radius 1 is 1.14 bits per heavy atom. The molecule has 0 saturated carbocycles. The smallest absolute Gasteiger partial charge is 0.366 e. The second-order valence-electron chi connectivity index (χ2n) is 4.20. The van der Waals surface area contributed by atoms with Crippen molar-refractivity contribution >= 4 is 29.0 Å². The fourth-order valence-corrected chi connectivity index (χ4v) is 2.05. The van der Waals surface area contributed by atoms with E-state index in [1.807, 2.05) is 0 Å². The van der Waals surface area contributed by atoms with Gasteiger partial charge in [-0.05, 0) is 17.2 Å². The topological polar surface area (TPSA) is 37.8 Å². The number of aromatic nitrogens is 2. The average molecular weight is 336 g/mol. The molecule has 2 rings (SSSR count). The van der Waals surface area contributed by atoms with E-state index < -0.39 is 11.7 Å². The minimum atomic E-state index is -4.44. The van der Waals surface area contributed by atoms with Crippen LogP contribution in [-0.2, 0) is 18.6 Å². The zero-order valence-electron chi connectivity index (χ0n) is 10.6. The first-order valence-electron chi connectivity index (χ1n) is 5.86. The first kappa shape index (κ1) is 15.9. The Bertz CT molecular complexity index is 632. The van der Waals surface area contributed by atoms with Crippen LogP contribution in [0.4, 0.5) is 19.0 Å². The van der Waals surface area contributed by atoms with E-state index in [9.17, 15) is 13.2 Å². The van der Waals surface area contributed by atoms with E-state index in [0.29, 0.717) is 11.4 Å². The highest BCUT2D eigenvalue weighted by atomic mass is 35.5. The van der Waals surface area contributed by atoms with Crippen LogP contribution < -0.4 is 5.32 Å². The van der Waals surface area contributed by atoms with Crippen LogP contribution in [0.25, 0.3) is 0 Å². The van der Waals surface area contributed by atoms with Gasteiger partial charge in [0, 0.05) is 18.5 Å². The number of hydrogen-bond acceptors (Lipinski definition) is 3. The third-order valence-corrected chi connectivity index (χ3v) is 3.24. The van der Waals surface area contributed by atoms with Crippen molar-refractivity contribution in [2.75, 3.05) is 5.32 Å². The Kier molecular flexibility index (Phi) is 4.90. The molecule has 3 nitrogen and oxygen atoms in total. The van der Waals surface area contributed by atoms with Gasteiger partial charge in [0.25, 0.3) is 0 Å². The minimum absolute atomic E-state index is 0.0261. The Balaban J connectivity index is 2.23. The van der Waals surface area contributed by atoms with Gasteiger partial charge in [-0.25, -0.2) is 9.97 Å². The summed E-state index contributed by atoms with van der Waals surface area (Å²) in [5, 5.41) is 2.99. The number of benzene rings is 1. The van der Waals surface area contributed by atoms with Crippen molar-refractivity contribution in [1.29, 1.82) is 0 Å². The summed E-state index contributed by atoms with van der Waals surface area (Å²) in [4.78, 5) is 7.57. The molecular formula is C13H10Cl2F3N3. The lowest BCUT2D eigenvalue weighted by atomic mass is 10.0. The summed E-state index contributed by atoms with van der Waals surface area (Å²) in [5.41, 5.74) is -0.197. The molecule has 1 aromatic heterocycles. The van der Waals surface area contributed by atoms with Gasteiger partial charge in [0.1, 0.15) is 17.3 Å². The van der Waals surface area contributed by atoms with Crippen LogP contribution in [0.2, 0.25) is 5.15 Å². The highest BCUT2D eigenvalue weighted by Gasteiger charge is 2.33. The molecule has 0 aliphatic rings. The fraction of sp³-hybridized carbons (Fsp3) is 0.231. The third kappa shape index (κ3) is 4.22. The van der Waals surface area contributed by atoms with Gasteiger partial charge in [0.05, 0.1) is 5.56 Å². The second-order valence-corrected chi connectivity index (χ2v) is 4.86. The van der Waals surface area contributed by atoms with Gasteiger partial charge in [-0.3, -0.25) is 0 Å². The molecule has 112 valence electrons. The molecule has 0 aliphatic carbocycles. The van der Waals surface area contributed by atoms with Gasteiger partial charge in [0.15, 0.2) is 0 Å². The largest absolute Gasteiger partial charge is 0.416 e. The Morgan fingerprint density at radius 3 is 2.52 bits per heavy atom. The first-order valence-corrected chi connectivity index (χ1v) is 6.78. The number of anilines is 1. The summed E-state index contributed by atoms with van der Waals surface area (Å²) in [5.74, 6) is 0.378. The minimum Gasteiger partial charge on any atom is -0.366 e. The molecular weight excluding hydrogens is 326 g/mol. The van der Waals surface area contributed by atoms with Crippen molar-refractivity contribution < 1.29 is 13.2 Å². The zero-order chi connectivity index (χ0) is 15.5. The van der Waals surface area contributed by atoms with Crippen molar-refractivity contribution in [2.24, 2.45) is 0 Å². The quantitative estimate of drug-likeness (QED) is 0.660. The van der Waals surface area contributed by atoms with Crippen LogP contribution in [-0.4, -0.2) is 9.97 Å². The van der Waals surface area contributed by atoms with Crippen molar-refractivity contribution in [3.63, 3.8) is 0 Å². The molecule has 1 aromatic carbocycles. The van der Waals surface area contributed by atoms with Gasteiger partial charge in [-0.2, -0.15) is 13.2 Å². The molecule has 21 heavy (non-hydrogen) atoms. The van der Waals surface area contributed by atoms with E-state index in [1.165, 1.54) is 18.5 Å². The van der Waals surface area contributed by atoms with Crippen molar-refractivity contribution in [2.45, 2.75) is 18.6 Å². The van der Waals surface area contributed by atoms with E-state index in [1.54, 1.807) is 6.07 Å². The van der Waals surface area contributed by atoms with Crippen LogP contribution in [0.15, 0.2) is 30.6 Å². The highest BCUT2D eigenvalue weighted by molar-refractivity contribution is 6.29. The molecule has 0 amide bonds. The molecule has 2 aromatic rings. The van der Waals surface area contributed by atoms with Crippen LogP contribution in [0.1, 0.15) is 16.7 Å². The van der Waals surface area contributed by atoms with Crippen molar-refractivity contribution in [3.8, 4) is 0 Å². The summed E-state index contributed by atoms with van der Waals surface area (Å²) >= 11 is 11.3. The van der Waals surface area contributed by atoms with E-state index >= 15 is 0 Å². The molecule has 0 unspecified atom stereocenters. The van der Waals surface area contributed by atoms with E-state index in [-0.39, 0.29) is 23.1 Å². The average Bonchev–Trinajstić information content (AvgIpc) is 2.44. The van der Waals surface area contributed by atoms with E-state index in [2.05, 4.69) is 15.3 Å². The number of nitrogens with one attached hydrogen (secondary N) is 1. The molecule has 0 spiro atoms. The summed E-state index contributed by atoms with van der Waals surface area (Å²) in [6, 6.07) is 5.45. The SMILES string of the molecule is FC(F)(F)c1cc(CCl)ccc1CNc1cc(Cl)ncn1. The number of halogens is 5. The second kappa shape index (κ2) is 6.49. The number of hydrogen-bond donors (Lipinski definition) is 1. The molecule has 0 atom stereocenters. The Labute approximate surface area is 129 Å². The molecule has 1 heterocycles. The van der Waals surface area contributed by atoms with Crippen LogP contribution in [0.5, 0.6) is 0 Å². The van der Waals surface area contributed by atoms with Crippen LogP contribution >= 0.6 is 23.2 Å². The van der Waals surface area contributed by atoms with E-state index in [0.717, 1.165) is 6.07 Å². The fourth-order valence-electron chi connectivity index (χ4n) is 1.74. The molecule has 0 aliphatic heterocycles. The van der Waals surface area contributed by atoms with Crippen molar-refractivity contribution in [3.05, 3.63) is 52.4 Å². The lowest BCUT2D eigenvalue weighted by Gasteiger charge is -2.15. The predicted molar refractivity (Wildman–Crippen MR) is 75.4 cm³/mol. The first-order chi connectivity index (χ1) is 9.90. The lowest BCUT2D eigenvalue weighted by molar-refractivity contribution is -0.138. The zero-order valence-corrected chi connectivity index (χ0v) is 12.1. The maximum atomic E-state index is 13.0. The van der Waals surface area contributed by atoms with Gasteiger partial charge in [-0.1, -0.05) is 23.7 Å². The maximum Gasteiger partial charge on any atom is 0.416 e. The summed E-state index contributed by atoms with van der Waals surface area (Å²) in [6.07, 6.45) is -3.21. The molecule has 0 radical (unpaired) electrons.